The number of sulfonamides is 1. The summed E-state index contributed by atoms with van der Waals surface area (Å²) in [6.07, 6.45) is 2.75. The van der Waals surface area contributed by atoms with E-state index in [1.807, 2.05) is 0 Å². The Bertz CT molecular complexity index is 898. The van der Waals surface area contributed by atoms with Crippen LogP contribution in [0.1, 0.15) is 18.5 Å². The molecule has 2 rings (SSSR count). The van der Waals surface area contributed by atoms with Gasteiger partial charge in [0.1, 0.15) is 4.90 Å². The van der Waals surface area contributed by atoms with Gasteiger partial charge in [0, 0.05) is 32.5 Å². The van der Waals surface area contributed by atoms with Gasteiger partial charge in [-0.1, -0.05) is 6.07 Å². The Morgan fingerprint density at radius 3 is 2.57 bits per heavy atom. The molecule has 2 aromatic rings. The molecule has 0 aliphatic carbocycles. The minimum atomic E-state index is -3.63. The highest BCUT2D eigenvalue weighted by molar-refractivity contribution is 14.0. The number of pyridine rings is 1. The number of hydrogen-bond acceptors (Lipinski definition) is 4. The van der Waals surface area contributed by atoms with Gasteiger partial charge in [0.25, 0.3) is 0 Å². The second-order valence-corrected chi connectivity index (χ2v) is 7.39. The first kappa shape index (κ1) is 24.2. The average molecular weight is 525 g/mol. The zero-order chi connectivity index (χ0) is 19.9. The molecule has 11 heteroatoms. The molecular weight excluding hydrogens is 503 g/mol. The van der Waals surface area contributed by atoms with Crippen molar-refractivity contribution >= 4 is 40.0 Å². The van der Waals surface area contributed by atoms with Gasteiger partial charge in [0.15, 0.2) is 17.6 Å². The van der Waals surface area contributed by atoms with Crippen LogP contribution in [-0.2, 0) is 10.0 Å². The number of nitrogens with one attached hydrogen (secondary N) is 3. The second-order valence-electron chi connectivity index (χ2n) is 5.63. The van der Waals surface area contributed by atoms with Crippen LogP contribution in [0.4, 0.5) is 8.78 Å². The van der Waals surface area contributed by atoms with E-state index in [0.29, 0.717) is 11.5 Å². The summed E-state index contributed by atoms with van der Waals surface area (Å²) in [4.78, 5) is 7.89. The van der Waals surface area contributed by atoms with E-state index in [1.165, 1.54) is 30.6 Å². The van der Waals surface area contributed by atoms with Crippen molar-refractivity contribution in [2.24, 2.45) is 4.99 Å². The first-order valence-corrected chi connectivity index (χ1v) is 9.63. The van der Waals surface area contributed by atoms with Crippen LogP contribution in [0.3, 0.4) is 0 Å². The highest BCUT2D eigenvalue weighted by Gasteiger charge is 2.14. The van der Waals surface area contributed by atoms with E-state index in [2.05, 4.69) is 25.3 Å². The number of guanidine groups is 1. The summed E-state index contributed by atoms with van der Waals surface area (Å²) >= 11 is 0. The molecule has 0 aliphatic heterocycles. The quantitative estimate of drug-likeness (QED) is 0.223. The maximum absolute atomic E-state index is 13.3. The lowest BCUT2D eigenvalue weighted by Crippen LogP contribution is -2.42. The molecule has 0 amide bonds. The fourth-order valence-electron chi connectivity index (χ4n) is 2.22. The third-order valence-corrected chi connectivity index (χ3v) is 5.12. The monoisotopic (exact) mass is 525 g/mol. The molecule has 0 spiro atoms. The molecule has 1 atom stereocenters. The highest BCUT2D eigenvalue weighted by Crippen LogP contribution is 2.15. The maximum Gasteiger partial charge on any atom is 0.242 e. The van der Waals surface area contributed by atoms with Crippen LogP contribution in [0.25, 0.3) is 0 Å². The predicted molar refractivity (Wildman–Crippen MR) is 114 cm³/mol. The zero-order valence-corrected chi connectivity index (χ0v) is 18.5. The average Bonchev–Trinajstić information content (AvgIpc) is 2.66. The third kappa shape index (κ3) is 6.95. The largest absolute Gasteiger partial charge is 0.355 e. The van der Waals surface area contributed by atoms with Crippen LogP contribution in [0.2, 0.25) is 0 Å². The zero-order valence-electron chi connectivity index (χ0n) is 15.3. The molecule has 0 aliphatic rings. The molecule has 0 fully saturated rings. The Labute approximate surface area is 180 Å². The first-order valence-electron chi connectivity index (χ1n) is 8.15. The number of nitrogens with zero attached hydrogens (tertiary/aromatic N) is 2. The minimum absolute atomic E-state index is 0. The van der Waals surface area contributed by atoms with Crippen molar-refractivity contribution in [3.63, 3.8) is 0 Å². The minimum Gasteiger partial charge on any atom is -0.355 e. The van der Waals surface area contributed by atoms with Crippen LogP contribution in [0.15, 0.2) is 52.6 Å². The molecule has 0 bridgehead atoms. The molecule has 0 radical (unpaired) electrons. The van der Waals surface area contributed by atoms with Crippen LogP contribution in [-0.4, -0.2) is 39.5 Å². The van der Waals surface area contributed by atoms with E-state index in [-0.39, 0.29) is 48.0 Å². The summed E-state index contributed by atoms with van der Waals surface area (Å²) in [6.45, 7) is 2.16. The van der Waals surface area contributed by atoms with Gasteiger partial charge in [-0.25, -0.2) is 21.9 Å². The molecule has 0 saturated heterocycles. The first-order chi connectivity index (χ1) is 12.8. The molecule has 154 valence electrons. The van der Waals surface area contributed by atoms with E-state index in [9.17, 15) is 17.2 Å². The third-order valence-electron chi connectivity index (χ3n) is 3.67. The summed E-state index contributed by atoms with van der Waals surface area (Å²) in [5, 5.41) is 5.97. The van der Waals surface area contributed by atoms with E-state index >= 15 is 0 Å². The topological polar surface area (TPSA) is 95.5 Å². The lowest BCUT2D eigenvalue weighted by atomic mass is 10.1. The van der Waals surface area contributed by atoms with Crippen molar-refractivity contribution in [3.8, 4) is 0 Å². The van der Waals surface area contributed by atoms with Crippen molar-refractivity contribution in [1.82, 2.24) is 20.3 Å². The Morgan fingerprint density at radius 2 is 1.96 bits per heavy atom. The second kappa shape index (κ2) is 11.2. The Kier molecular flexibility index (Phi) is 9.69. The summed E-state index contributed by atoms with van der Waals surface area (Å²) in [5.74, 6) is -1.43. The number of rotatable bonds is 7. The van der Waals surface area contributed by atoms with Crippen LogP contribution >= 0.6 is 24.0 Å². The van der Waals surface area contributed by atoms with E-state index in [1.54, 1.807) is 14.0 Å². The van der Waals surface area contributed by atoms with Crippen molar-refractivity contribution in [2.45, 2.75) is 17.9 Å². The molecule has 0 saturated carbocycles. The van der Waals surface area contributed by atoms with Gasteiger partial charge in [0.2, 0.25) is 10.0 Å². The molecule has 3 N–H and O–H groups in total. The van der Waals surface area contributed by atoms with Gasteiger partial charge in [-0.05, 0) is 36.8 Å². The number of aliphatic imine (C=N–C) groups is 1. The van der Waals surface area contributed by atoms with E-state index in [0.717, 1.165) is 12.1 Å². The van der Waals surface area contributed by atoms with Crippen LogP contribution in [0.5, 0.6) is 0 Å². The molecule has 28 heavy (non-hydrogen) atoms. The Hall–Kier alpha value is -1.86. The highest BCUT2D eigenvalue weighted by atomic mass is 127. The van der Waals surface area contributed by atoms with E-state index < -0.39 is 21.7 Å². The van der Waals surface area contributed by atoms with Crippen molar-refractivity contribution in [1.29, 1.82) is 0 Å². The van der Waals surface area contributed by atoms with Crippen LogP contribution in [0, 0.1) is 11.6 Å². The molecular formula is C17H22F2IN5O2S. The van der Waals surface area contributed by atoms with Gasteiger partial charge < -0.3 is 10.6 Å². The Morgan fingerprint density at radius 1 is 1.21 bits per heavy atom. The standard InChI is InChI=1S/C17H21F2N5O2S.HI/c1-12(13-5-6-15(18)16(19)10-13)24-17(20-2)22-8-9-23-27(25,26)14-4-3-7-21-11-14;/h3-7,10-12,23H,8-9H2,1-2H3,(H2,20,22,24);1H. The fourth-order valence-corrected chi connectivity index (χ4v) is 3.22. The van der Waals surface area contributed by atoms with Crippen molar-refractivity contribution in [2.75, 3.05) is 20.1 Å². The lowest BCUT2D eigenvalue weighted by Gasteiger charge is -2.18. The summed E-state index contributed by atoms with van der Waals surface area (Å²) in [5.41, 5.74) is 0.550. The fraction of sp³-hybridized carbons (Fsp3) is 0.294. The van der Waals surface area contributed by atoms with Crippen molar-refractivity contribution in [3.05, 3.63) is 59.9 Å². The van der Waals surface area contributed by atoms with Gasteiger partial charge in [-0.15, -0.1) is 24.0 Å². The predicted octanol–water partition coefficient (Wildman–Crippen LogP) is 2.18. The molecule has 1 aromatic heterocycles. The molecule has 1 aromatic carbocycles. The lowest BCUT2D eigenvalue weighted by molar-refractivity contribution is 0.504. The maximum atomic E-state index is 13.3. The van der Waals surface area contributed by atoms with Gasteiger partial charge >= 0.3 is 0 Å². The number of aromatic nitrogens is 1. The smallest absolute Gasteiger partial charge is 0.242 e. The summed E-state index contributed by atoms with van der Waals surface area (Å²) in [7, 11) is -2.08. The van der Waals surface area contributed by atoms with E-state index in [4.69, 9.17) is 0 Å². The Balaban J connectivity index is 0.00000392. The summed E-state index contributed by atoms with van der Waals surface area (Å²) < 4.78 is 53.0. The number of benzene rings is 1. The normalized spacial score (nSPS) is 12.8. The van der Waals surface area contributed by atoms with Crippen molar-refractivity contribution < 1.29 is 17.2 Å². The molecule has 1 unspecified atom stereocenters. The SMILES string of the molecule is CN=C(NCCNS(=O)(=O)c1cccnc1)NC(C)c1ccc(F)c(F)c1.I. The number of halogens is 3. The van der Waals surface area contributed by atoms with Gasteiger partial charge in [0.05, 0.1) is 6.04 Å². The molecule has 7 nitrogen and oxygen atoms in total. The van der Waals surface area contributed by atoms with Crippen LogP contribution < -0.4 is 15.4 Å². The van der Waals surface area contributed by atoms with Gasteiger partial charge in [-0.2, -0.15) is 0 Å². The summed E-state index contributed by atoms with van der Waals surface area (Å²) in [6, 6.07) is 6.31. The van der Waals surface area contributed by atoms with Gasteiger partial charge in [-0.3, -0.25) is 9.98 Å². The molecule has 1 heterocycles. The number of hydrogen-bond donors (Lipinski definition) is 3.